The number of hydrogen-bond acceptors (Lipinski definition) is 5. The van der Waals surface area contributed by atoms with Gasteiger partial charge in [-0.1, -0.05) is 0 Å². The maximum absolute atomic E-state index is 13.4. The SMILES string of the molecule is CCOc1ccnc(-c2c(-c3ccc(F)cc3)ncn2C2CCC(O)CC2)n1. The van der Waals surface area contributed by atoms with Gasteiger partial charge in [0.2, 0.25) is 5.88 Å². The summed E-state index contributed by atoms with van der Waals surface area (Å²) in [4.78, 5) is 13.6. The van der Waals surface area contributed by atoms with E-state index in [-0.39, 0.29) is 18.0 Å². The largest absolute Gasteiger partial charge is 0.478 e. The van der Waals surface area contributed by atoms with Crippen LogP contribution in [0.25, 0.3) is 22.8 Å². The number of aliphatic hydroxyl groups excluding tert-OH is 1. The summed E-state index contributed by atoms with van der Waals surface area (Å²) in [5.41, 5.74) is 2.30. The fourth-order valence-corrected chi connectivity index (χ4v) is 3.70. The molecule has 0 atom stereocenters. The highest BCUT2D eigenvalue weighted by atomic mass is 19.1. The van der Waals surface area contributed by atoms with Crippen LogP contribution in [0.2, 0.25) is 0 Å². The Hall–Kier alpha value is -2.80. The van der Waals surface area contributed by atoms with Gasteiger partial charge in [0, 0.05) is 23.9 Å². The van der Waals surface area contributed by atoms with Crippen molar-refractivity contribution in [2.24, 2.45) is 0 Å². The normalized spacial score (nSPS) is 19.5. The lowest BCUT2D eigenvalue weighted by Crippen LogP contribution is -2.21. The Bertz CT molecular complexity index is 934. The van der Waals surface area contributed by atoms with Crippen LogP contribution in [0.3, 0.4) is 0 Å². The predicted octanol–water partition coefficient (Wildman–Crippen LogP) is 4.02. The summed E-state index contributed by atoms with van der Waals surface area (Å²) in [6.45, 7) is 2.42. The van der Waals surface area contributed by atoms with Gasteiger partial charge >= 0.3 is 0 Å². The quantitative estimate of drug-likeness (QED) is 0.721. The second-order valence-corrected chi connectivity index (χ2v) is 6.97. The molecule has 0 spiro atoms. The maximum Gasteiger partial charge on any atom is 0.216 e. The first-order valence-electron chi connectivity index (χ1n) is 9.62. The standard InChI is InChI=1S/C21H23FN4O2/c1-2-28-18-11-12-23-21(25-18)20-19(14-3-5-15(22)6-4-14)24-13-26(20)16-7-9-17(27)10-8-16/h3-6,11-13,16-17,27H,2,7-10H2,1H3. The second kappa shape index (κ2) is 8.06. The molecule has 2 aromatic heterocycles. The van der Waals surface area contributed by atoms with E-state index in [1.807, 2.05) is 6.92 Å². The molecule has 0 unspecified atom stereocenters. The van der Waals surface area contributed by atoms with Gasteiger partial charge < -0.3 is 14.4 Å². The zero-order chi connectivity index (χ0) is 19.5. The molecule has 2 heterocycles. The zero-order valence-corrected chi connectivity index (χ0v) is 15.8. The van der Waals surface area contributed by atoms with E-state index in [1.165, 1.54) is 12.1 Å². The Kier molecular flexibility index (Phi) is 5.34. The van der Waals surface area contributed by atoms with Crippen molar-refractivity contribution < 1.29 is 14.2 Å². The minimum atomic E-state index is -0.291. The van der Waals surface area contributed by atoms with Crippen LogP contribution in [-0.4, -0.2) is 37.3 Å². The summed E-state index contributed by atoms with van der Waals surface area (Å²) in [5.74, 6) is 0.735. The number of aliphatic hydroxyl groups is 1. The van der Waals surface area contributed by atoms with Crippen molar-refractivity contribution in [3.05, 3.63) is 48.7 Å². The molecule has 1 aromatic carbocycles. The molecule has 1 fully saturated rings. The molecule has 0 saturated heterocycles. The molecule has 1 N–H and O–H groups in total. The van der Waals surface area contributed by atoms with Gasteiger partial charge in [0.1, 0.15) is 11.5 Å². The summed E-state index contributed by atoms with van der Waals surface area (Å²) >= 11 is 0. The summed E-state index contributed by atoms with van der Waals surface area (Å²) in [7, 11) is 0. The number of rotatable bonds is 5. The molecule has 0 bridgehead atoms. The first-order chi connectivity index (χ1) is 13.7. The number of halogens is 1. The van der Waals surface area contributed by atoms with Crippen molar-refractivity contribution >= 4 is 0 Å². The Morgan fingerprint density at radius 1 is 1.11 bits per heavy atom. The highest BCUT2D eigenvalue weighted by molar-refractivity contribution is 5.75. The van der Waals surface area contributed by atoms with Crippen LogP contribution in [0, 0.1) is 5.82 Å². The van der Waals surface area contributed by atoms with Gasteiger partial charge in [-0.3, -0.25) is 0 Å². The van der Waals surface area contributed by atoms with E-state index in [0.29, 0.717) is 24.0 Å². The van der Waals surface area contributed by atoms with Gasteiger partial charge in [-0.05, 0) is 56.9 Å². The van der Waals surface area contributed by atoms with Gasteiger partial charge in [-0.2, -0.15) is 4.98 Å². The molecule has 0 radical (unpaired) electrons. The molecule has 0 aliphatic heterocycles. The van der Waals surface area contributed by atoms with Gasteiger partial charge in [0.15, 0.2) is 5.82 Å². The number of ether oxygens (including phenoxy) is 1. The van der Waals surface area contributed by atoms with Crippen molar-refractivity contribution in [1.29, 1.82) is 0 Å². The maximum atomic E-state index is 13.4. The molecule has 6 nitrogen and oxygen atoms in total. The third kappa shape index (κ3) is 3.75. The van der Waals surface area contributed by atoms with E-state index in [4.69, 9.17) is 4.74 Å². The van der Waals surface area contributed by atoms with Gasteiger partial charge in [0.05, 0.1) is 24.7 Å². The summed E-state index contributed by atoms with van der Waals surface area (Å²) in [6, 6.07) is 8.20. The van der Waals surface area contributed by atoms with Crippen molar-refractivity contribution in [2.75, 3.05) is 6.61 Å². The lowest BCUT2D eigenvalue weighted by Gasteiger charge is -2.27. The van der Waals surface area contributed by atoms with Crippen molar-refractivity contribution in [1.82, 2.24) is 19.5 Å². The highest BCUT2D eigenvalue weighted by Crippen LogP contribution is 2.36. The number of hydrogen-bond donors (Lipinski definition) is 1. The molecule has 4 rings (SSSR count). The zero-order valence-electron chi connectivity index (χ0n) is 15.8. The molecular formula is C21H23FN4O2. The highest BCUT2D eigenvalue weighted by Gasteiger charge is 2.26. The summed E-state index contributed by atoms with van der Waals surface area (Å²) in [6.07, 6.45) is 6.47. The van der Waals surface area contributed by atoms with Crippen molar-refractivity contribution in [3.63, 3.8) is 0 Å². The lowest BCUT2D eigenvalue weighted by atomic mass is 9.92. The second-order valence-electron chi connectivity index (χ2n) is 6.97. The fraction of sp³-hybridized carbons (Fsp3) is 0.381. The number of aromatic nitrogens is 4. The minimum absolute atomic E-state index is 0.208. The third-order valence-corrected chi connectivity index (χ3v) is 5.11. The molecule has 28 heavy (non-hydrogen) atoms. The van der Waals surface area contributed by atoms with Crippen LogP contribution in [0.1, 0.15) is 38.6 Å². The molecule has 146 valence electrons. The predicted molar refractivity (Wildman–Crippen MR) is 103 cm³/mol. The number of benzene rings is 1. The van der Waals surface area contributed by atoms with Crippen LogP contribution in [0.4, 0.5) is 4.39 Å². The third-order valence-electron chi connectivity index (χ3n) is 5.11. The van der Waals surface area contributed by atoms with Crippen molar-refractivity contribution in [2.45, 2.75) is 44.8 Å². The monoisotopic (exact) mass is 382 g/mol. The smallest absolute Gasteiger partial charge is 0.216 e. The molecular weight excluding hydrogens is 359 g/mol. The van der Waals surface area contributed by atoms with E-state index in [0.717, 1.165) is 36.9 Å². The van der Waals surface area contributed by atoms with Crippen LogP contribution < -0.4 is 4.74 Å². The average molecular weight is 382 g/mol. The van der Waals surface area contributed by atoms with Crippen LogP contribution in [0.15, 0.2) is 42.9 Å². The van der Waals surface area contributed by atoms with Crippen molar-refractivity contribution in [3.8, 4) is 28.7 Å². The van der Waals surface area contributed by atoms with Crippen LogP contribution >= 0.6 is 0 Å². The lowest BCUT2D eigenvalue weighted by molar-refractivity contribution is 0.111. The first-order valence-corrected chi connectivity index (χ1v) is 9.62. The Balaban J connectivity index is 1.81. The Morgan fingerprint density at radius 2 is 1.86 bits per heavy atom. The summed E-state index contributed by atoms with van der Waals surface area (Å²) < 4.78 is 21.0. The van der Waals surface area contributed by atoms with E-state index >= 15 is 0 Å². The number of imidazole rings is 1. The first kappa shape index (κ1) is 18.6. The summed E-state index contributed by atoms with van der Waals surface area (Å²) in [5, 5.41) is 9.86. The van der Waals surface area contributed by atoms with E-state index in [1.54, 1.807) is 30.7 Å². The molecule has 1 aliphatic rings. The van der Waals surface area contributed by atoms with Crippen LogP contribution in [-0.2, 0) is 0 Å². The van der Waals surface area contributed by atoms with Gasteiger partial charge in [-0.15, -0.1) is 0 Å². The molecule has 3 aromatic rings. The average Bonchev–Trinajstić information content (AvgIpc) is 3.15. The van der Waals surface area contributed by atoms with E-state index in [9.17, 15) is 9.50 Å². The van der Waals surface area contributed by atoms with E-state index < -0.39 is 0 Å². The molecule has 1 aliphatic carbocycles. The topological polar surface area (TPSA) is 73.1 Å². The fourth-order valence-electron chi connectivity index (χ4n) is 3.70. The molecule has 0 amide bonds. The minimum Gasteiger partial charge on any atom is -0.478 e. The van der Waals surface area contributed by atoms with Crippen LogP contribution in [0.5, 0.6) is 5.88 Å². The number of nitrogens with zero attached hydrogens (tertiary/aromatic N) is 4. The Morgan fingerprint density at radius 3 is 2.57 bits per heavy atom. The molecule has 1 saturated carbocycles. The van der Waals surface area contributed by atoms with E-state index in [2.05, 4.69) is 19.5 Å². The Labute approximate surface area is 163 Å². The van der Waals surface area contributed by atoms with Gasteiger partial charge in [-0.25, -0.2) is 14.4 Å². The molecule has 7 heteroatoms. The van der Waals surface area contributed by atoms with Gasteiger partial charge in [0.25, 0.3) is 0 Å².